The van der Waals surface area contributed by atoms with E-state index in [0.29, 0.717) is 16.3 Å². The molecule has 5 nitrogen and oxygen atoms in total. The molecule has 0 unspecified atom stereocenters. The van der Waals surface area contributed by atoms with E-state index in [1.165, 1.54) is 17.5 Å². The molecule has 2 aromatic carbocycles. The quantitative estimate of drug-likeness (QED) is 0.592. The summed E-state index contributed by atoms with van der Waals surface area (Å²) >= 11 is 7.33. The van der Waals surface area contributed by atoms with Gasteiger partial charge in [0.25, 0.3) is 5.91 Å². The highest BCUT2D eigenvalue weighted by atomic mass is 35.5. The normalized spacial score (nSPS) is 11.8. The van der Waals surface area contributed by atoms with E-state index in [1.54, 1.807) is 0 Å². The van der Waals surface area contributed by atoms with Gasteiger partial charge in [0.05, 0.1) is 17.6 Å². The molecule has 0 aliphatic heterocycles. The van der Waals surface area contributed by atoms with Crippen LogP contribution >= 0.6 is 22.9 Å². The maximum atomic E-state index is 12.4. The number of amides is 1. The number of thiazole rings is 1. The molecule has 144 valence electrons. The fourth-order valence-electron chi connectivity index (χ4n) is 2.89. The smallest absolute Gasteiger partial charge is 0.305 e. The van der Waals surface area contributed by atoms with Crippen molar-refractivity contribution < 1.29 is 14.7 Å². The second kappa shape index (κ2) is 8.99. The third kappa shape index (κ3) is 5.41. The predicted octanol–water partition coefficient (Wildman–Crippen LogP) is 4.59. The molecule has 0 spiro atoms. The lowest BCUT2D eigenvalue weighted by Gasteiger charge is -2.17. The summed E-state index contributed by atoms with van der Waals surface area (Å²) in [6.07, 6.45) is 1.78. The monoisotopic (exact) mass is 414 g/mol. The lowest BCUT2D eigenvalue weighted by atomic mass is 9.99. The molecule has 0 aliphatic rings. The van der Waals surface area contributed by atoms with Crippen LogP contribution in [0.4, 0.5) is 0 Å². The summed E-state index contributed by atoms with van der Waals surface area (Å²) in [5, 5.41) is 13.5. The van der Waals surface area contributed by atoms with E-state index in [0.717, 1.165) is 21.7 Å². The number of hydrogen-bond acceptors (Lipinski definition) is 4. The zero-order valence-corrected chi connectivity index (χ0v) is 16.8. The molecule has 2 N–H and O–H groups in total. The Hall–Kier alpha value is -2.70. The molecule has 28 heavy (non-hydrogen) atoms. The van der Waals surface area contributed by atoms with Gasteiger partial charge < -0.3 is 10.4 Å². The van der Waals surface area contributed by atoms with Gasteiger partial charge in [-0.05, 0) is 42.2 Å². The van der Waals surface area contributed by atoms with Gasteiger partial charge in [0.1, 0.15) is 4.88 Å². The first kappa shape index (κ1) is 20.0. The Balaban J connectivity index is 1.71. The largest absolute Gasteiger partial charge is 0.481 e. The number of aliphatic carboxylic acids is 1. The standard InChI is InChI=1S/C21H19ClN2O3S/c1-13-23-12-19(28-13)21(27)24-18(11-20(25)26)9-14-5-7-15(8-6-14)16-3-2-4-17(22)10-16/h2-8,10,12,18H,9,11H2,1H3,(H,24,27)(H,25,26)/t18-/m1/s1. The summed E-state index contributed by atoms with van der Waals surface area (Å²) in [6.45, 7) is 1.82. The van der Waals surface area contributed by atoms with Crippen LogP contribution in [-0.2, 0) is 11.2 Å². The number of rotatable bonds is 7. The summed E-state index contributed by atoms with van der Waals surface area (Å²) in [5.41, 5.74) is 2.97. The summed E-state index contributed by atoms with van der Waals surface area (Å²) in [6, 6.07) is 14.9. The predicted molar refractivity (Wildman–Crippen MR) is 111 cm³/mol. The van der Waals surface area contributed by atoms with Crippen LogP contribution in [-0.4, -0.2) is 28.0 Å². The third-order valence-electron chi connectivity index (χ3n) is 4.20. The number of hydrogen-bond donors (Lipinski definition) is 2. The van der Waals surface area contributed by atoms with Gasteiger partial charge in [-0.1, -0.05) is 48.0 Å². The molecule has 3 aromatic rings. The third-order valence-corrected chi connectivity index (χ3v) is 5.34. The van der Waals surface area contributed by atoms with E-state index < -0.39 is 12.0 Å². The van der Waals surface area contributed by atoms with Crippen LogP contribution in [0, 0.1) is 6.92 Å². The summed E-state index contributed by atoms with van der Waals surface area (Å²) in [4.78, 5) is 28.1. The minimum absolute atomic E-state index is 0.153. The van der Waals surface area contributed by atoms with Crippen LogP contribution in [0.3, 0.4) is 0 Å². The number of nitrogens with zero attached hydrogens (tertiary/aromatic N) is 1. The lowest BCUT2D eigenvalue weighted by molar-refractivity contribution is -0.137. The number of aryl methyl sites for hydroxylation is 1. The van der Waals surface area contributed by atoms with E-state index in [-0.39, 0.29) is 12.3 Å². The van der Waals surface area contributed by atoms with Crippen molar-refractivity contribution >= 4 is 34.8 Å². The van der Waals surface area contributed by atoms with Crippen LogP contribution in [0.25, 0.3) is 11.1 Å². The second-order valence-electron chi connectivity index (χ2n) is 6.42. The van der Waals surface area contributed by atoms with Crippen LogP contribution in [0.5, 0.6) is 0 Å². The van der Waals surface area contributed by atoms with Gasteiger partial charge in [0.15, 0.2) is 0 Å². The second-order valence-corrected chi connectivity index (χ2v) is 8.09. The first-order valence-electron chi connectivity index (χ1n) is 8.70. The number of benzene rings is 2. The van der Waals surface area contributed by atoms with Gasteiger partial charge >= 0.3 is 5.97 Å². The van der Waals surface area contributed by atoms with Crippen molar-refractivity contribution in [2.24, 2.45) is 0 Å². The molecule has 0 radical (unpaired) electrons. The molecule has 0 saturated carbocycles. The molecule has 1 heterocycles. The van der Waals surface area contributed by atoms with Crippen molar-refractivity contribution in [2.45, 2.75) is 25.8 Å². The zero-order chi connectivity index (χ0) is 20.1. The maximum absolute atomic E-state index is 12.4. The molecule has 0 fully saturated rings. The average molecular weight is 415 g/mol. The van der Waals surface area contributed by atoms with Crippen molar-refractivity contribution in [2.75, 3.05) is 0 Å². The van der Waals surface area contributed by atoms with Gasteiger partial charge in [0, 0.05) is 11.1 Å². The van der Waals surface area contributed by atoms with E-state index in [9.17, 15) is 14.7 Å². The van der Waals surface area contributed by atoms with Gasteiger partial charge in [0.2, 0.25) is 0 Å². The summed E-state index contributed by atoms with van der Waals surface area (Å²) < 4.78 is 0. The van der Waals surface area contributed by atoms with Gasteiger partial charge in [-0.15, -0.1) is 11.3 Å². The Bertz CT molecular complexity index is 985. The van der Waals surface area contributed by atoms with E-state index in [1.807, 2.05) is 55.5 Å². The zero-order valence-electron chi connectivity index (χ0n) is 15.2. The SMILES string of the molecule is Cc1ncc(C(=O)N[C@@H](CC(=O)O)Cc2ccc(-c3cccc(Cl)c3)cc2)s1. The van der Waals surface area contributed by atoms with Crippen molar-refractivity contribution in [3.05, 3.63) is 75.2 Å². The molecule has 1 amide bonds. The number of carboxylic acid groups (broad SMARTS) is 1. The number of carboxylic acids is 1. The Kier molecular flexibility index (Phi) is 6.44. The van der Waals surface area contributed by atoms with Gasteiger partial charge in [-0.2, -0.15) is 0 Å². The van der Waals surface area contributed by atoms with E-state index >= 15 is 0 Å². The highest BCUT2D eigenvalue weighted by Crippen LogP contribution is 2.23. The Morgan fingerprint density at radius 2 is 1.93 bits per heavy atom. The number of carbonyl (C=O) groups excluding carboxylic acids is 1. The van der Waals surface area contributed by atoms with Crippen LogP contribution in [0.1, 0.15) is 26.7 Å². The molecule has 1 aromatic heterocycles. The number of nitrogens with one attached hydrogen (secondary N) is 1. The molecule has 0 saturated heterocycles. The van der Waals surface area contributed by atoms with Crippen molar-refractivity contribution in [1.82, 2.24) is 10.3 Å². The Labute approximate surface area is 172 Å². The van der Waals surface area contributed by atoms with Crippen molar-refractivity contribution in [3.63, 3.8) is 0 Å². The highest BCUT2D eigenvalue weighted by Gasteiger charge is 2.19. The van der Waals surface area contributed by atoms with Crippen molar-refractivity contribution in [1.29, 1.82) is 0 Å². The molecule has 3 rings (SSSR count). The minimum Gasteiger partial charge on any atom is -0.481 e. The average Bonchev–Trinajstić information content (AvgIpc) is 3.08. The fraction of sp³-hybridized carbons (Fsp3) is 0.190. The Morgan fingerprint density at radius 1 is 1.18 bits per heavy atom. The first-order chi connectivity index (χ1) is 13.4. The lowest BCUT2D eigenvalue weighted by Crippen LogP contribution is -2.37. The molecular formula is C21H19ClN2O3S. The highest BCUT2D eigenvalue weighted by molar-refractivity contribution is 7.13. The van der Waals surface area contributed by atoms with E-state index in [2.05, 4.69) is 10.3 Å². The Morgan fingerprint density at radius 3 is 2.54 bits per heavy atom. The first-order valence-corrected chi connectivity index (χ1v) is 9.90. The van der Waals surface area contributed by atoms with Gasteiger partial charge in [-0.25, -0.2) is 4.98 Å². The van der Waals surface area contributed by atoms with Gasteiger partial charge in [-0.3, -0.25) is 9.59 Å². The van der Waals surface area contributed by atoms with Crippen LogP contribution < -0.4 is 5.32 Å². The molecule has 1 atom stereocenters. The topological polar surface area (TPSA) is 79.3 Å². The molecule has 0 bridgehead atoms. The van der Waals surface area contributed by atoms with Crippen LogP contribution in [0.15, 0.2) is 54.7 Å². The number of aromatic nitrogens is 1. The summed E-state index contributed by atoms with van der Waals surface area (Å²) in [7, 11) is 0. The molecule has 0 aliphatic carbocycles. The summed E-state index contributed by atoms with van der Waals surface area (Å²) in [5.74, 6) is -1.26. The van der Waals surface area contributed by atoms with Crippen LogP contribution in [0.2, 0.25) is 5.02 Å². The fourth-order valence-corrected chi connectivity index (χ4v) is 3.76. The van der Waals surface area contributed by atoms with Crippen molar-refractivity contribution in [3.8, 4) is 11.1 Å². The molecule has 7 heteroatoms. The molecular weight excluding hydrogens is 396 g/mol. The number of carbonyl (C=O) groups is 2. The maximum Gasteiger partial charge on any atom is 0.305 e. The number of halogens is 1. The van der Waals surface area contributed by atoms with E-state index in [4.69, 9.17) is 11.6 Å². The minimum atomic E-state index is -0.957.